The first-order chi connectivity index (χ1) is 12.5. The molecule has 0 radical (unpaired) electrons. The Morgan fingerprint density at radius 3 is 2.62 bits per heavy atom. The van der Waals surface area contributed by atoms with Crippen LogP contribution in [0, 0.1) is 0 Å². The molecular formula is C19H23N3O3S. The van der Waals surface area contributed by atoms with E-state index >= 15 is 0 Å². The van der Waals surface area contributed by atoms with Gasteiger partial charge in [-0.15, -0.1) is 0 Å². The van der Waals surface area contributed by atoms with Crippen molar-refractivity contribution in [2.75, 3.05) is 11.5 Å². The van der Waals surface area contributed by atoms with E-state index in [2.05, 4.69) is 10.4 Å². The van der Waals surface area contributed by atoms with Crippen molar-refractivity contribution in [1.82, 2.24) is 15.1 Å². The number of nitrogens with one attached hydrogen (secondary N) is 1. The van der Waals surface area contributed by atoms with Gasteiger partial charge in [-0.3, -0.25) is 4.79 Å². The summed E-state index contributed by atoms with van der Waals surface area (Å²) < 4.78 is 25.2. The average molecular weight is 373 g/mol. The molecule has 4 rings (SSSR count). The molecule has 0 bridgehead atoms. The summed E-state index contributed by atoms with van der Waals surface area (Å²) in [5.41, 5.74) is 3.53. The minimum Gasteiger partial charge on any atom is -0.347 e. The van der Waals surface area contributed by atoms with Crippen LogP contribution in [0.4, 0.5) is 0 Å². The fourth-order valence-electron chi connectivity index (χ4n) is 3.90. The maximum atomic E-state index is 12.9. The molecule has 1 saturated heterocycles. The van der Waals surface area contributed by atoms with Crippen LogP contribution in [-0.4, -0.2) is 41.7 Å². The van der Waals surface area contributed by atoms with Crippen molar-refractivity contribution in [2.24, 2.45) is 0 Å². The Morgan fingerprint density at radius 2 is 1.88 bits per heavy atom. The number of carbonyl (C=O) groups is 1. The van der Waals surface area contributed by atoms with Gasteiger partial charge >= 0.3 is 0 Å². The van der Waals surface area contributed by atoms with Gasteiger partial charge in [0.1, 0.15) is 0 Å². The molecule has 138 valence electrons. The Hall–Kier alpha value is -2.15. The van der Waals surface area contributed by atoms with E-state index in [-0.39, 0.29) is 23.5 Å². The third-order valence-electron chi connectivity index (χ3n) is 5.21. The predicted molar refractivity (Wildman–Crippen MR) is 99.3 cm³/mol. The lowest BCUT2D eigenvalue weighted by Gasteiger charge is -2.10. The normalized spacial score (nSPS) is 21.8. The third-order valence-corrected chi connectivity index (χ3v) is 6.98. The van der Waals surface area contributed by atoms with Gasteiger partial charge in [0.25, 0.3) is 5.91 Å². The monoisotopic (exact) mass is 373 g/mol. The van der Waals surface area contributed by atoms with E-state index in [9.17, 15) is 13.2 Å². The van der Waals surface area contributed by atoms with Crippen molar-refractivity contribution in [3.05, 3.63) is 47.3 Å². The number of para-hydroxylation sites is 1. The zero-order chi connectivity index (χ0) is 18.1. The molecule has 1 aromatic carbocycles. The number of hydrogen-bond donors (Lipinski definition) is 1. The molecular weight excluding hydrogens is 350 g/mol. The molecule has 1 aliphatic heterocycles. The first-order valence-corrected chi connectivity index (χ1v) is 11.0. The number of hydrogen-bond acceptors (Lipinski definition) is 4. The lowest BCUT2D eigenvalue weighted by Crippen LogP contribution is -2.36. The average Bonchev–Trinajstić information content (AvgIpc) is 3.05. The first kappa shape index (κ1) is 17.3. The molecule has 6 nitrogen and oxygen atoms in total. The molecule has 1 aliphatic carbocycles. The molecule has 0 saturated carbocycles. The lowest BCUT2D eigenvalue weighted by molar-refractivity contribution is 0.0934. The highest BCUT2D eigenvalue weighted by atomic mass is 32.2. The molecule has 0 spiro atoms. The van der Waals surface area contributed by atoms with Crippen molar-refractivity contribution in [1.29, 1.82) is 0 Å². The zero-order valence-corrected chi connectivity index (χ0v) is 15.5. The van der Waals surface area contributed by atoms with Gasteiger partial charge in [-0.25, -0.2) is 13.1 Å². The fraction of sp³-hybridized carbons (Fsp3) is 0.474. The van der Waals surface area contributed by atoms with Crippen LogP contribution in [0.15, 0.2) is 30.3 Å². The largest absolute Gasteiger partial charge is 0.347 e. The van der Waals surface area contributed by atoms with Crippen LogP contribution in [0.5, 0.6) is 0 Å². The summed E-state index contributed by atoms with van der Waals surface area (Å²) >= 11 is 0. The highest BCUT2D eigenvalue weighted by Gasteiger charge is 2.31. The molecule has 26 heavy (non-hydrogen) atoms. The highest BCUT2D eigenvalue weighted by molar-refractivity contribution is 7.91. The van der Waals surface area contributed by atoms with Crippen LogP contribution < -0.4 is 5.32 Å². The number of nitrogens with zero attached hydrogens (tertiary/aromatic N) is 2. The second-order valence-corrected chi connectivity index (χ2v) is 9.38. The minimum absolute atomic E-state index is 0.0281. The Kier molecular flexibility index (Phi) is 4.56. The molecule has 2 aromatic rings. The molecule has 1 atom stereocenters. The molecule has 1 N–H and O–H groups in total. The van der Waals surface area contributed by atoms with E-state index < -0.39 is 9.84 Å². The van der Waals surface area contributed by atoms with Gasteiger partial charge in [0, 0.05) is 17.3 Å². The Labute approximate surface area is 153 Å². The predicted octanol–water partition coefficient (Wildman–Crippen LogP) is 2.06. The van der Waals surface area contributed by atoms with E-state index in [0.29, 0.717) is 12.1 Å². The third kappa shape index (κ3) is 3.40. The number of benzene rings is 1. The quantitative estimate of drug-likeness (QED) is 0.835. The van der Waals surface area contributed by atoms with Crippen molar-refractivity contribution >= 4 is 15.7 Å². The van der Waals surface area contributed by atoms with Gasteiger partial charge in [0.2, 0.25) is 0 Å². The number of carbonyl (C=O) groups excluding carboxylic acids is 1. The van der Waals surface area contributed by atoms with Gasteiger partial charge in [0.05, 0.1) is 17.2 Å². The Morgan fingerprint density at radius 1 is 1.12 bits per heavy atom. The van der Waals surface area contributed by atoms with Crippen molar-refractivity contribution in [3.63, 3.8) is 0 Å². The van der Waals surface area contributed by atoms with Crippen LogP contribution >= 0.6 is 0 Å². The van der Waals surface area contributed by atoms with Gasteiger partial charge in [-0.05, 0) is 44.2 Å². The van der Waals surface area contributed by atoms with E-state index in [1.807, 2.05) is 35.0 Å². The standard InChI is InChI=1S/C19H23N3O3S/c23-19(20-14-11-12-26(24,25)13-14)18-16-9-5-2-6-10-17(16)22(21-18)15-7-3-1-4-8-15/h1,3-4,7-8,14H,2,5-6,9-13H2,(H,20,23). The smallest absolute Gasteiger partial charge is 0.272 e. The maximum Gasteiger partial charge on any atom is 0.272 e. The second kappa shape index (κ2) is 6.87. The van der Waals surface area contributed by atoms with Gasteiger partial charge in [-0.2, -0.15) is 5.10 Å². The first-order valence-electron chi connectivity index (χ1n) is 9.21. The number of sulfone groups is 1. The summed E-state index contributed by atoms with van der Waals surface area (Å²) in [7, 11) is -3.02. The summed E-state index contributed by atoms with van der Waals surface area (Å²) in [6.45, 7) is 0. The van der Waals surface area contributed by atoms with E-state index in [4.69, 9.17) is 0 Å². The fourth-order valence-corrected chi connectivity index (χ4v) is 5.58. The molecule has 1 amide bonds. The molecule has 1 unspecified atom stereocenters. The van der Waals surface area contributed by atoms with Gasteiger partial charge in [-0.1, -0.05) is 24.6 Å². The summed E-state index contributed by atoms with van der Waals surface area (Å²) in [6.07, 6.45) is 5.51. The number of rotatable bonds is 3. The van der Waals surface area contributed by atoms with Crippen molar-refractivity contribution in [3.8, 4) is 5.69 Å². The van der Waals surface area contributed by atoms with Crippen LogP contribution in [0.1, 0.15) is 47.4 Å². The Bertz CT molecular complexity index is 919. The summed E-state index contributed by atoms with van der Waals surface area (Å²) in [5, 5.41) is 7.53. The topological polar surface area (TPSA) is 81.1 Å². The summed E-state index contributed by atoms with van der Waals surface area (Å²) in [5.74, 6) is -0.0746. The maximum absolute atomic E-state index is 12.9. The van der Waals surface area contributed by atoms with Crippen LogP contribution in [0.25, 0.3) is 5.69 Å². The molecule has 2 aliphatic rings. The van der Waals surface area contributed by atoms with E-state index in [0.717, 1.165) is 49.0 Å². The van der Waals surface area contributed by atoms with Crippen LogP contribution in [0.3, 0.4) is 0 Å². The molecule has 2 heterocycles. The van der Waals surface area contributed by atoms with Crippen LogP contribution in [0.2, 0.25) is 0 Å². The second-order valence-electron chi connectivity index (χ2n) is 7.16. The number of amides is 1. The van der Waals surface area contributed by atoms with Gasteiger partial charge < -0.3 is 5.32 Å². The van der Waals surface area contributed by atoms with Gasteiger partial charge in [0.15, 0.2) is 15.5 Å². The lowest BCUT2D eigenvalue weighted by atomic mass is 10.1. The molecule has 1 fully saturated rings. The molecule has 7 heteroatoms. The summed E-state index contributed by atoms with van der Waals surface area (Å²) in [6, 6.07) is 9.55. The van der Waals surface area contributed by atoms with E-state index in [1.165, 1.54) is 0 Å². The van der Waals surface area contributed by atoms with Crippen LogP contribution in [-0.2, 0) is 22.7 Å². The number of aromatic nitrogens is 2. The highest BCUT2D eigenvalue weighted by Crippen LogP contribution is 2.26. The SMILES string of the molecule is O=C(NC1CCS(=O)(=O)C1)c1nn(-c2ccccc2)c2c1CCCCC2. The zero-order valence-electron chi connectivity index (χ0n) is 14.6. The Balaban J connectivity index is 1.67. The molecule has 1 aromatic heterocycles. The number of fused-ring (bicyclic) bond motifs is 1. The summed E-state index contributed by atoms with van der Waals surface area (Å²) in [4.78, 5) is 12.9. The van der Waals surface area contributed by atoms with E-state index in [1.54, 1.807) is 0 Å². The van der Waals surface area contributed by atoms with Crippen molar-refractivity contribution < 1.29 is 13.2 Å². The van der Waals surface area contributed by atoms with Crippen molar-refractivity contribution in [2.45, 2.75) is 44.6 Å². The minimum atomic E-state index is -3.02.